The van der Waals surface area contributed by atoms with Crippen LogP contribution in [-0.2, 0) is 6.42 Å². The van der Waals surface area contributed by atoms with E-state index >= 15 is 0 Å². The molecule has 0 aliphatic rings. The van der Waals surface area contributed by atoms with Crippen LogP contribution in [0.3, 0.4) is 0 Å². The quantitative estimate of drug-likeness (QED) is 0.935. The van der Waals surface area contributed by atoms with Crippen LogP contribution >= 0.6 is 11.6 Å². The van der Waals surface area contributed by atoms with Gasteiger partial charge in [0.15, 0.2) is 5.89 Å². The second-order valence-corrected chi connectivity index (χ2v) is 4.63. The van der Waals surface area contributed by atoms with Gasteiger partial charge in [-0.1, -0.05) is 23.7 Å². The number of carbonyl (C=O) groups excluding carboxylic acids is 1. The molecule has 0 atom stereocenters. The summed E-state index contributed by atoms with van der Waals surface area (Å²) in [7, 11) is 0. The fourth-order valence-corrected chi connectivity index (χ4v) is 2.06. The molecule has 0 spiro atoms. The van der Waals surface area contributed by atoms with Crippen LogP contribution < -0.4 is 5.32 Å². The lowest BCUT2D eigenvalue weighted by Gasteiger charge is -2.05. The topological polar surface area (TPSA) is 55.1 Å². The summed E-state index contributed by atoms with van der Waals surface area (Å²) in [6, 6.07) is 6.96. The number of aromatic nitrogens is 1. The van der Waals surface area contributed by atoms with Gasteiger partial charge < -0.3 is 9.73 Å². The molecule has 1 aromatic carbocycles. The van der Waals surface area contributed by atoms with Crippen molar-refractivity contribution < 1.29 is 9.21 Å². The van der Waals surface area contributed by atoms with Gasteiger partial charge in [-0.3, -0.25) is 4.79 Å². The zero-order valence-corrected chi connectivity index (χ0v) is 11.6. The molecular formula is C14H15ClN2O2. The van der Waals surface area contributed by atoms with Crippen LogP contribution in [0.5, 0.6) is 0 Å². The summed E-state index contributed by atoms with van der Waals surface area (Å²) in [5, 5.41) is 3.26. The Bertz CT molecular complexity index is 593. The van der Waals surface area contributed by atoms with Gasteiger partial charge >= 0.3 is 0 Å². The predicted molar refractivity (Wildman–Crippen MR) is 73.5 cm³/mol. The average Bonchev–Trinajstić information content (AvgIpc) is 2.68. The van der Waals surface area contributed by atoms with E-state index in [1.807, 2.05) is 6.92 Å². The molecule has 0 saturated carbocycles. The fraction of sp³-hybridized carbons (Fsp3) is 0.286. The zero-order chi connectivity index (χ0) is 13.8. The van der Waals surface area contributed by atoms with E-state index < -0.39 is 0 Å². The maximum atomic E-state index is 11.9. The highest BCUT2D eigenvalue weighted by Crippen LogP contribution is 2.14. The Morgan fingerprint density at radius 2 is 2.11 bits per heavy atom. The van der Waals surface area contributed by atoms with Gasteiger partial charge in [-0.15, -0.1) is 0 Å². The average molecular weight is 279 g/mol. The highest BCUT2D eigenvalue weighted by molar-refractivity contribution is 6.33. The molecule has 2 rings (SSSR count). The molecule has 0 aliphatic heterocycles. The molecule has 1 heterocycles. The van der Waals surface area contributed by atoms with Crippen LogP contribution in [0.1, 0.15) is 27.7 Å². The largest absolute Gasteiger partial charge is 0.446 e. The number of carbonyl (C=O) groups is 1. The standard InChI is InChI=1S/C14H15ClN2O2/c1-9-13(19-10(2)17-9)7-8-16-14(18)11-5-3-4-6-12(11)15/h3-6H,7-8H2,1-2H3,(H,16,18). The Hall–Kier alpha value is -1.81. The van der Waals surface area contributed by atoms with E-state index in [1.165, 1.54) is 0 Å². The van der Waals surface area contributed by atoms with Gasteiger partial charge in [0.1, 0.15) is 5.76 Å². The molecule has 0 fully saturated rings. The van der Waals surface area contributed by atoms with E-state index in [0.717, 1.165) is 11.5 Å². The highest BCUT2D eigenvalue weighted by Gasteiger charge is 2.10. The lowest BCUT2D eigenvalue weighted by Crippen LogP contribution is -2.26. The Balaban J connectivity index is 1.91. The first-order valence-corrected chi connectivity index (χ1v) is 6.41. The maximum absolute atomic E-state index is 11.9. The van der Waals surface area contributed by atoms with Crippen molar-refractivity contribution in [1.29, 1.82) is 0 Å². The molecule has 1 aromatic heterocycles. The van der Waals surface area contributed by atoms with Gasteiger partial charge in [0.05, 0.1) is 16.3 Å². The van der Waals surface area contributed by atoms with Crippen molar-refractivity contribution in [3.8, 4) is 0 Å². The summed E-state index contributed by atoms with van der Waals surface area (Å²) < 4.78 is 5.44. The molecular weight excluding hydrogens is 264 g/mol. The third kappa shape index (κ3) is 3.35. The smallest absolute Gasteiger partial charge is 0.252 e. The molecule has 1 N–H and O–H groups in total. The minimum Gasteiger partial charge on any atom is -0.446 e. The number of nitrogens with zero attached hydrogens (tertiary/aromatic N) is 1. The first-order chi connectivity index (χ1) is 9.08. The number of benzene rings is 1. The van der Waals surface area contributed by atoms with E-state index in [0.29, 0.717) is 29.4 Å². The first kappa shape index (κ1) is 13.6. The molecule has 0 saturated heterocycles. The zero-order valence-electron chi connectivity index (χ0n) is 10.9. The summed E-state index contributed by atoms with van der Waals surface area (Å²) in [6.07, 6.45) is 0.614. The van der Waals surface area contributed by atoms with Crippen molar-refractivity contribution in [1.82, 2.24) is 10.3 Å². The van der Waals surface area contributed by atoms with Gasteiger partial charge in [-0.05, 0) is 19.1 Å². The Morgan fingerprint density at radius 3 is 2.74 bits per heavy atom. The fourth-order valence-electron chi connectivity index (χ4n) is 1.84. The Kier molecular flexibility index (Phi) is 4.22. The summed E-state index contributed by atoms with van der Waals surface area (Å²) in [6.45, 7) is 4.18. The van der Waals surface area contributed by atoms with Crippen molar-refractivity contribution in [3.05, 3.63) is 52.2 Å². The first-order valence-electron chi connectivity index (χ1n) is 6.03. The summed E-state index contributed by atoms with van der Waals surface area (Å²) in [5.41, 5.74) is 1.35. The van der Waals surface area contributed by atoms with Crippen LogP contribution in [0.4, 0.5) is 0 Å². The number of amides is 1. The van der Waals surface area contributed by atoms with E-state index in [2.05, 4.69) is 10.3 Å². The summed E-state index contributed by atoms with van der Waals surface area (Å²) >= 11 is 5.95. The van der Waals surface area contributed by atoms with Crippen molar-refractivity contribution >= 4 is 17.5 Å². The van der Waals surface area contributed by atoms with E-state index in [-0.39, 0.29) is 5.91 Å². The number of hydrogen-bond donors (Lipinski definition) is 1. The van der Waals surface area contributed by atoms with Crippen molar-refractivity contribution in [3.63, 3.8) is 0 Å². The van der Waals surface area contributed by atoms with Crippen LogP contribution in [0.25, 0.3) is 0 Å². The third-order valence-electron chi connectivity index (χ3n) is 2.76. The van der Waals surface area contributed by atoms with Crippen molar-refractivity contribution in [2.24, 2.45) is 0 Å². The molecule has 0 radical (unpaired) electrons. The Labute approximate surface area is 116 Å². The molecule has 0 bridgehead atoms. The maximum Gasteiger partial charge on any atom is 0.252 e. The van der Waals surface area contributed by atoms with Gasteiger partial charge in [0.2, 0.25) is 0 Å². The molecule has 4 nitrogen and oxygen atoms in total. The number of aryl methyl sites for hydroxylation is 2. The summed E-state index contributed by atoms with van der Waals surface area (Å²) in [5.74, 6) is 1.27. The second-order valence-electron chi connectivity index (χ2n) is 4.23. The third-order valence-corrected chi connectivity index (χ3v) is 3.09. The van der Waals surface area contributed by atoms with E-state index in [4.69, 9.17) is 16.0 Å². The van der Waals surface area contributed by atoms with Gasteiger partial charge in [0, 0.05) is 19.9 Å². The molecule has 0 aliphatic carbocycles. The van der Waals surface area contributed by atoms with E-state index in [1.54, 1.807) is 31.2 Å². The number of oxazole rings is 1. The molecule has 2 aromatic rings. The van der Waals surface area contributed by atoms with Gasteiger partial charge in [-0.2, -0.15) is 0 Å². The number of rotatable bonds is 4. The van der Waals surface area contributed by atoms with Crippen LogP contribution in [0, 0.1) is 13.8 Å². The van der Waals surface area contributed by atoms with Crippen LogP contribution in [0.2, 0.25) is 5.02 Å². The number of hydrogen-bond acceptors (Lipinski definition) is 3. The lowest BCUT2D eigenvalue weighted by atomic mass is 10.2. The molecule has 1 amide bonds. The molecule has 5 heteroatoms. The number of halogens is 1. The Morgan fingerprint density at radius 1 is 1.37 bits per heavy atom. The van der Waals surface area contributed by atoms with E-state index in [9.17, 15) is 4.79 Å². The monoisotopic (exact) mass is 278 g/mol. The normalized spacial score (nSPS) is 10.5. The van der Waals surface area contributed by atoms with Crippen molar-refractivity contribution in [2.75, 3.05) is 6.54 Å². The summed E-state index contributed by atoms with van der Waals surface area (Å²) in [4.78, 5) is 16.1. The minimum absolute atomic E-state index is 0.181. The number of nitrogens with one attached hydrogen (secondary N) is 1. The highest BCUT2D eigenvalue weighted by atomic mass is 35.5. The predicted octanol–water partition coefficient (Wildman–Crippen LogP) is 2.92. The minimum atomic E-state index is -0.181. The molecule has 19 heavy (non-hydrogen) atoms. The van der Waals surface area contributed by atoms with Crippen molar-refractivity contribution in [2.45, 2.75) is 20.3 Å². The second kappa shape index (κ2) is 5.89. The lowest BCUT2D eigenvalue weighted by molar-refractivity contribution is 0.0954. The van der Waals surface area contributed by atoms with Gasteiger partial charge in [-0.25, -0.2) is 4.98 Å². The molecule has 100 valence electrons. The van der Waals surface area contributed by atoms with Crippen LogP contribution in [0.15, 0.2) is 28.7 Å². The van der Waals surface area contributed by atoms with Crippen LogP contribution in [-0.4, -0.2) is 17.4 Å². The molecule has 0 unspecified atom stereocenters. The SMILES string of the molecule is Cc1nc(C)c(CCNC(=O)c2ccccc2Cl)o1. The van der Waals surface area contributed by atoms with Gasteiger partial charge in [0.25, 0.3) is 5.91 Å².